The lowest BCUT2D eigenvalue weighted by molar-refractivity contribution is -0.0525. The van der Waals surface area contributed by atoms with Gasteiger partial charge in [-0.3, -0.25) is 0 Å². The van der Waals surface area contributed by atoms with E-state index in [0.717, 1.165) is 45.0 Å². The predicted molar refractivity (Wildman–Crippen MR) is 240 cm³/mol. The van der Waals surface area contributed by atoms with Crippen molar-refractivity contribution < 1.29 is 0 Å². The van der Waals surface area contributed by atoms with Gasteiger partial charge in [0, 0.05) is 21.4 Å². The molecule has 0 N–H and O–H groups in total. The second-order valence-electron chi connectivity index (χ2n) is 21.7. The second-order valence-corrected chi connectivity index (χ2v) is 23.1. The van der Waals surface area contributed by atoms with Gasteiger partial charge in [0.05, 0.1) is 0 Å². The smallest absolute Gasteiger partial charge is 0.0397 e. The molecule has 290 valence electrons. The van der Waals surface area contributed by atoms with Gasteiger partial charge in [-0.15, -0.1) is 0 Å². The lowest BCUT2D eigenvalue weighted by atomic mass is 9.48. The van der Waals surface area contributed by atoms with Gasteiger partial charge in [-0.2, -0.15) is 0 Å². The first-order chi connectivity index (χ1) is 27.8. The fraction of sp³-hybridized carbons (Fsp3) is 0.500. The van der Waals surface area contributed by atoms with Gasteiger partial charge in [0.25, 0.3) is 0 Å². The Hall–Kier alpha value is -3.42. The lowest BCUT2D eigenvalue weighted by Gasteiger charge is -2.57. The maximum Gasteiger partial charge on any atom is 0.0397 e. The van der Waals surface area contributed by atoms with Crippen LogP contribution in [-0.2, 0) is 0 Å². The van der Waals surface area contributed by atoms with E-state index in [1.54, 1.807) is 33.4 Å². The zero-order valence-corrected chi connectivity index (χ0v) is 35.7. The van der Waals surface area contributed by atoms with Crippen LogP contribution < -0.4 is 0 Å². The summed E-state index contributed by atoms with van der Waals surface area (Å²) in [4.78, 5) is 0. The van der Waals surface area contributed by atoms with Gasteiger partial charge in [-0.05, 0) is 195 Å². The van der Waals surface area contributed by atoms with E-state index in [2.05, 4.69) is 111 Å². The molecule has 8 fully saturated rings. The van der Waals surface area contributed by atoms with E-state index >= 15 is 0 Å². The monoisotopic (exact) mass is 762 g/mol. The minimum atomic E-state index is 0.568. The van der Waals surface area contributed by atoms with Crippen molar-refractivity contribution >= 4 is 21.7 Å². The number of rotatable bonds is 10. The van der Waals surface area contributed by atoms with Crippen LogP contribution in [0.2, 0.25) is 12.1 Å². The Morgan fingerprint density at radius 3 is 1.16 bits per heavy atom. The molecular formula is C56H62Si. The van der Waals surface area contributed by atoms with Crippen LogP contribution >= 0.6 is 0 Å². The molecular weight excluding hydrogens is 701 g/mol. The van der Waals surface area contributed by atoms with Crippen LogP contribution in [0, 0.1) is 60.2 Å². The first-order valence-corrected chi connectivity index (χ1v) is 24.8. The molecule has 10 aliphatic carbocycles. The highest BCUT2D eigenvalue weighted by atomic mass is 28.2. The van der Waals surface area contributed by atoms with E-state index in [9.17, 15) is 0 Å². The maximum absolute atomic E-state index is 2.75. The molecule has 0 amide bonds. The molecule has 2 unspecified atom stereocenters. The molecule has 2 atom stereocenters. The molecule has 14 rings (SSSR count). The number of aryl methyl sites for hydroxylation is 2. The van der Waals surface area contributed by atoms with Crippen molar-refractivity contribution in [1.29, 1.82) is 0 Å². The highest BCUT2D eigenvalue weighted by Crippen LogP contribution is 2.65. The molecule has 0 aliphatic heterocycles. The Kier molecular flexibility index (Phi) is 8.45. The van der Waals surface area contributed by atoms with E-state index in [1.165, 1.54) is 135 Å². The average Bonchev–Trinajstić information content (AvgIpc) is 3.70. The molecule has 10 aliphatic rings. The summed E-state index contributed by atoms with van der Waals surface area (Å²) in [7, 11) is 0.969. The van der Waals surface area contributed by atoms with Crippen molar-refractivity contribution in [3.8, 4) is 22.3 Å². The van der Waals surface area contributed by atoms with Crippen molar-refractivity contribution in [2.45, 2.75) is 128 Å². The van der Waals surface area contributed by atoms with Gasteiger partial charge in [0.2, 0.25) is 0 Å². The number of benzene rings is 4. The molecule has 4 aromatic rings. The topological polar surface area (TPSA) is 0 Å². The van der Waals surface area contributed by atoms with Crippen LogP contribution in [-0.4, -0.2) is 9.52 Å². The average molecular weight is 763 g/mol. The molecule has 0 saturated heterocycles. The van der Waals surface area contributed by atoms with E-state index in [1.807, 2.05) is 0 Å². The van der Waals surface area contributed by atoms with Crippen LogP contribution in [0.25, 0.3) is 34.4 Å². The molecule has 0 aromatic heterocycles. The Balaban J connectivity index is 0.867. The Labute approximate surface area is 345 Å². The minimum absolute atomic E-state index is 0.568. The number of fused-ring (bicyclic) bond motifs is 2. The van der Waals surface area contributed by atoms with Crippen LogP contribution in [0.1, 0.15) is 135 Å². The van der Waals surface area contributed by atoms with Crippen molar-refractivity contribution in [3.63, 3.8) is 0 Å². The van der Waals surface area contributed by atoms with E-state index in [4.69, 9.17) is 0 Å². The van der Waals surface area contributed by atoms with Gasteiger partial charge < -0.3 is 0 Å². The van der Waals surface area contributed by atoms with Gasteiger partial charge in [-0.25, -0.2) is 0 Å². The normalized spacial score (nSPS) is 35.1. The molecule has 0 heterocycles. The summed E-state index contributed by atoms with van der Waals surface area (Å²) in [6, 6.07) is 36.0. The second kappa shape index (κ2) is 13.6. The van der Waals surface area contributed by atoms with Gasteiger partial charge in [0.15, 0.2) is 0 Å². The van der Waals surface area contributed by atoms with Crippen LogP contribution in [0.15, 0.2) is 96.1 Å². The lowest BCUT2D eigenvalue weighted by Crippen LogP contribution is -2.46. The molecule has 4 aromatic carbocycles. The summed E-state index contributed by atoms with van der Waals surface area (Å²) < 4.78 is 0. The highest BCUT2D eigenvalue weighted by molar-refractivity contribution is 6.36. The molecule has 1 heteroatoms. The number of allylic oxidation sites excluding steroid dienone is 2. The summed E-state index contributed by atoms with van der Waals surface area (Å²) >= 11 is 0. The Morgan fingerprint density at radius 1 is 0.456 bits per heavy atom. The predicted octanol–water partition coefficient (Wildman–Crippen LogP) is 15.1. The molecule has 57 heavy (non-hydrogen) atoms. The van der Waals surface area contributed by atoms with Crippen LogP contribution in [0.4, 0.5) is 0 Å². The van der Waals surface area contributed by atoms with Crippen LogP contribution in [0.5, 0.6) is 0 Å². The summed E-state index contributed by atoms with van der Waals surface area (Å²) in [5.41, 5.74) is 19.5. The standard InChI is InChI=1S/C56H62Si/c1-35-9-13-43(14-10-35)47-5-3-7-49-51(47)23-45(31-55-25-37-17-38(26-55)19-39(18-37)27-55)53(49)33-57-34-54-46(32-56-28-40-20-41(29-56)22-42(21-40)30-56)24-52-48(6-4-8-50(52)54)44-15-11-36(2)12-16-44/h3-16,23-24,37-42,53-54H,17-22,25-34H2,1-2H3. The first-order valence-electron chi connectivity index (χ1n) is 23.3. The van der Waals surface area contributed by atoms with E-state index < -0.39 is 0 Å². The van der Waals surface area contributed by atoms with Crippen LogP contribution in [0.3, 0.4) is 0 Å². The van der Waals surface area contributed by atoms with Crippen molar-refractivity contribution in [3.05, 3.63) is 129 Å². The fourth-order valence-electron chi connectivity index (χ4n) is 16.1. The largest absolute Gasteiger partial charge is 0.0618 e. The highest BCUT2D eigenvalue weighted by Gasteiger charge is 2.53. The summed E-state index contributed by atoms with van der Waals surface area (Å²) in [5.74, 6) is 7.21. The maximum atomic E-state index is 2.75. The van der Waals surface area contributed by atoms with Crippen molar-refractivity contribution in [2.75, 3.05) is 0 Å². The zero-order valence-electron chi connectivity index (χ0n) is 34.7. The molecule has 8 saturated carbocycles. The van der Waals surface area contributed by atoms with Gasteiger partial charge in [0.1, 0.15) is 0 Å². The molecule has 2 radical (unpaired) electrons. The molecule has 0 nitrogen and oxygen atoms in total. The molecule has 8 bridgehead atoms. The molecule has 0 spiro atoms. The Bertz CT molecular complexity index is 2030. The zero-order chi connectivity index (χ0) is 37.9. The first kappa shape index (κ1) is 35.5. The minimum Gasteiger partial charge on any atom is -0.0618 e. The number of hydrogen-bond donors (Lipinski definition) is 0. The summed E-state index contributed by atoms with van der Waals surface area (Å²) in [6.45, 7) is 4.44. The fourth-order valence-corrected chi connectivity index (χ4v) is 17.8. The van der Waals surface area contributed by atoms with Gasteiger partial charge >= 0.3 is 0 Å². The number of hydrogen-bond acceptors (Lipinski definition) is 0. The van der Waals surface area contributed by atoms with E-state index in [-0.39, 0.29) is 0 Å². The third-order valence-electron chi connectivity index (χ3n) is 17.5. The quantitative estimate of drug-likeness (QED) is 0.141. The SMILES string of the molecule is Cc1ccc(-c2cccc3c2C=C(CC24CC5CC(CC(C5)C2)C4)C3C[Si]CC2C(CC34CC5CC(CC(C5)C3)C4)=Cc3c(-c4ccc(C)cc4)cccc32)cc1. The third kappa shape index (κ3) is 6.26. The van der Waals surface area contributed by atoms with Gasteiger partial charge in [-0.1, -0.05) is 131 Å². The Morgan fingerprint density at radius 2 is 0.807 bits per heavy atom. The summed E-state index contributed by atoms with van der Waals surface area (Å²) in [5, 5.41) is 0. The third-order valence-corrected chi connectivity index (χ3v) is 18.9. The van der Waals surface area contributed by atoms with Crippen molar-refractivity contribution in [1.82, 2.24) is 0 Å². The van der Waals surface area contributed by atoms with E-state index in [0.29, 0.717) is 22.7 Å². The summed E-state index contributed by atoms with van der Waals surface area (Å²) in [6.07, 6.45) is 26.5. The van der Waals surface area contributed by atoms with Crippen molar-refractivity contribution in [2.24, 2.45) is 46.3 Å².